The molecule has 112 valence electrons. The molecule has 0 bridgehead atoms. The molecule has 20 heavy (non-hydrogen) atoms. The summed E-state index contributed by atoms with van der Waals surface area (Å²) in [5.41, 5.74) is 0.269. The minimum atomic E-state index is -4.77. The van der Waals surface area contributed by atoms with Gasteiger partial charge < -0.3 is 9.64 Å². The number of carbonyl (C=O) groups is 1. The lowest BCUT2D eigenvalue weighted by atomic mass is 10.1. The first-order valence-electron chi connectivity index (χ1n) is 6.07. The first-order valence-corrected chi connectivity index (χ1v) is 6.50. The van der Waals surface area contributed by atoms with E-state index in [4.69, 9.17) is 11.6 Å². The predicted octanol–water partition coefficient (Wildman–Crippen LogP) is 3.73. The summed E-state index contributed by atoms with van der Waals surface area (Å²) >= 11 is 6.02. The molecule has 1 unspecified atom stereocenters. The molecule has 0 radical (unpaired) electrons. The van der Waals surface area contributed by atoms with Crippen LogP contribution in [0.15, 0.2) is 24.3 Å². The van der Waals surface area contributed by atoms with Gasteiger partial charge in [-0.3, -0.25) is 4.79 Å². The fourth-order valence-electron chi connectivity index (χ4n) is 1.71. The van der Waals surface area contributed by atoms with Gasteiger partial charge >= 0.3 is 6.36 Å². The third-order valence-electron chi connectivity index (χ3n) is 2.68. The second-order valence-corrected chi connectivity index (χ2v) is 4.43. The lowest BCUT2D eigenvalue weighted by Gasteiger charge is -2.22. The Balaban J connectivity index is 2.91. The monoisotopic (exact) mass is 309 g/mol. The van der Waals surface area contributed by atoms with Crippen LogP contribution in [0.25, 0.3) is 0 Å². The van der Waals surface area contributed by atoms with E-state index >= 15 is 0 Å². The van der Waals surface area contributed by atoms with Crippen molar-refractivity contribution in [3.05, 3.63) is 29.8 Å². The van der Waals surface area contributed by atoms with Crippen LogP contribution in [0.3, 0.4) is 0 Å². The molecular weight excluding hydrogens is 295 g/mol. The SMILES string of the molecule is CCN(CC)C(=O)C(Cl)c1cccc(OC(F)(F)F)c1. The molecule has 0 aliphatic heterocycles. The number of amides is 1. The Bertz CT molecular complexity index is 461. The fraction of sp³-hybridized carbons (Fsp3) is 0.462. The first kappa shape index (κ1) is 16.6. The van der Waals surface area contributed by atoms with Crippen molar-refractivity contribution < 1.29 is 22.7 Å². The zero-order valence-electron chi connectivity index (χ0n) is 11.1. The lowest BCUT2D eigenvalue weighted by molar-refractivity contribution is -0.274. The molecule has 1 aromatic carbocycles. The van der Waals surface area contributed by atoms with Crippen LogP contribution in [0.1, 0.15) is 24.8 Å². The third-order valence-corrected chi connectivity index (χ3v) is 3.11. The molecule has 0 N–H and O–H groups in total. The molecule has 0 saturated carbocycles. The van der Waals surface area contributed by atoms with Crippen molar-refractivity contribution in [1.29, 1.82) is 0 Å². The van der Waals surface area contributed by atoms with Crippen molar-refractivity contribution in [3.8, 4) is 5.75 Å². The van der Waals surface area contributed by atoms with E-state index in [1.54, 1.807) is 13.8 Å². The standard InChI is InChI=1S/C13H15ClF3NO2/c1-3-18(4-2)12(19)11(14)9-6-5-7-10(8-9)20-13(15,16)17/h5-8,11H,3-4H2,1-2H3. The van der Waals surface area contributed by atoms with E-state index in [9.17, 15) is 18.0 Å². The van der Waals surface area contributed by atoms with Gasteiger partial charge in [0, 0.05) is 13.1 Å². The predicted molar refractivity (Wildman–Crippen MR) is 69.6 cm³/mol. The Morgan fingerprint density at radius 1 is 1.35 bits per heavy atom. The van der Waals surface area contributed by atoms with Crippen molar-refractivity contribution in [1.82, 2.24) is 4.90 Å². The molecule has 7 heteroatoms. The van der Waals surface area contributed by atoms with E-state index < -0.39 is 17.5 Å². The number of alkyl halides is 4. The number of carbonyl (C=O) groups excluding carboxylic acids is 1. The van der Waals surface area contributed by atoms with Crippen LogP contribution in [0, 0.1) is 0 Å². The van der Waals surface area contributed by atoms with E-state index in [0.29, 0.717) is 13.1 Å². The topological polar surface area (TPSA) is 29.5 Å². The van der Waals surface area contributed by atoms with Crippen LogP contribution in [0.4, 0.5) is 13.2 Å². The molecule has 1 atom stereocenters. The molecule has 0 saturated heterocycles. The smallest absolute Gasteiger partial charge is 0.406 e. The maximum absolute atomic E-state index is 12.1. The summed E-state index contributed by atoms with van der Waals surface area (Å²) in [7, 11) is 0. The Morgan fingerprint density at radius 2 is 1.95 bits per heavy atom. The average Bonchev–Trinajstić information content (AvgIpc) is 2.37. The quantitative estimate of drug-likeness (QED) is 0.776. The molecule has 0 aromatic heterocycles. The van der Waals surface area contributed by atoms with Gasteiger partial charge in [-0.25, -0.2) is 0 Å². The van der Waals surface area contributed by atoms with Gasteiger partial charge in [0.15, 0.2) is 0 Å². The van der Waals surface area contributed by atoms with E-state index in [2.05, 4.69) is 4.74 Å². The van der Waals surface area contributed by atoms with Crippen LogP contribution in [0.2, 0.25) is 0 Å². The van der Waals surface area contributed by atoms with Gasteiger partial charge in [-0.05, 0) is 31.5 Å². The fourth-order valence-corrected chi connectivity index (χ4v) is 1.98. The van der Waals surface area contributed by atoms with Gasteiger partial charge in [0.25, 0.3) is 0 Å². The molecule has 0 heterocycles. The number of benzene rings is 1. The van der Waals surface area contributed by atoms with Crippen LogP contribution >= 0.6 is 11.6 Å². The largest absolute Gasteiger partial charge is 0.573 e. The molecule has 0 aliphatic carbocycles. The number of ether oxygens (including phenoxy) is 1. The van der Waals surface area contributed by atoms with E-state index in [-0.39, 0.29) is 11.5 Å². The van der Waals surface area contributed by atoms with Crippen molar-refractivity contribution in [2.75, 3.05) is 13.1 Å². The second kappa shape index (κ2) is 6.83. The highest BCUT2D eigenvalue weighted by Gasteiger charge is 2.31. The molecule has 0 aliphatic rings. The van der Waals surface area contributed by atoms with E-state index in [1.165, 1.54) is 17.0 Å². The Hall–Kier alpha value is -1.43. The summed E-state index contributed by atoms with van der Waals surface area (Å²) in [5.74, 6) is -0.742. The van der Waals surface area contributed by atoms with Gasteiger partial charge in [0.2, 0.25) is 5.91 Å². The average molecular weight is 310 g/mol. The highest BCUT2D eigenvalue weighted by Crippen LogP contribution is 2.29. The van der Waals surface area contributed by atoms with E-state index in [1.807, 2.05) is 0 Å². The number of nitrogens with zero attached hydrogens (tertiary/aromatic N) is 1. The minimum absolute atomic E-state index is 0.269. The Kier molecular flexibility index (Phi) is 5.68. The molecular formula is C13H15ClF3NO2. The highest BCUT2D eigenvalue weighted by molar-refractivity contribution is 6.30. The number of likely N-dealkylation sites (N-methyl/N-ethyl adjacent to an activating group) is 1. The molecule has 0 fully saturated rings. The summed E-state index contributed by atoms with van der Waals surface area (Å²) in [6.07, 6.45) is -4.77. The lowest BCUT2D eigenvalue weighted by Crippen LogP contribution is -2.33. The number of halogens is 4. The van der Waals surface area contributed by atoms with Gasteiger partial charge in [-0.2, -0.15) is 0 Å². The van der Waals surface area contributed by atoms with Crippen molar-refractivity contribution >= 4 is 17.5 Å². The summed E-state index contributed by atoms with van der Waals surface area (Å²) < 4.78 is 40.2. The van der Waals surface area contributed by atoms with Crippen molar-refractivity contribution in [2.24, 2.45) is 0 Å². The Morgan fingerprint density at radius 3 is 2.45 bits per heavy atom. The van der Waals surface area contributed by atoms with Crippen LogP contribution in [-0.4, -0.2) is 30.3 Å². The number of hydrogen-bond acceptors (Lipinski definition) is 2. The van der Waals surface area contributed by atoms with Gasteiger partial charge in [-0.15, -0.1) is 24.8 Å². The second-order valence-electron chi connectivity index (χ2n) is 3.99. The van der Waals surface area contributed by atoms with Gasteiger partial charge in [0.05, 0.1) is 0 Å². The van der Waals surface area contributed by atoms with Crippen LogP contribution < -0.4 is 4.74 Å². The highest BCUT2D eigenvalue weighted by atomic mass is 35.5. The van der Waals surface area contributed by atoms with Crippen LogP contribution in [0.5, 0.6) is 5.75 Å². The van der Waals surface area contributed by atoms with Gasteiger partial charge in [-0.1, -0.05) is 12.1 Å². The number of hydrogen-bond donors (Lipinski definition) is 0. The minimum Gasteiger partial charge on any atom is -0.406 e. The maximum Gasteiger partial charge on any atom is 0.573 e. The molecule has 1 amide bonds. The summed E-state index contributed by atoms with van der Waals surface area (Å²) in [5, 5.41) is -1.04. The molecule has 0 spiro atoms. The zero-order chi connectivity index (χ0) is 15.3. The normalized spacial score (nSPS) is 12.9. The summed E-state index contributed by atoms with van der Waals surface area (Å²) in [6.45, 7) is 4.57. The molecule has 1 aromatic rings. The summed E-state index contributed by atoms with van der Waals surface area (Å²) in [4.78, 5) is 13.5. The van der Waals surface area contributed by atoms with Crippen LogP contribution in [-0.2, 0) is 4.79 Å². The number of rotatable bonds is 5. The van der Waals surface area contributed by atoms with Gasteiger partial charge in [0.1, 0.15) is 11.1 Å². The Labute approximate surface area is 120 Å². The molecule has 1 rings (SSSR count). The van der Waals surface area contributed by atoms with Crippen molar-refractivity contribution in [3.63, 3.8) is 0 Å². The van der Waals surface area contributed by atoms with E-state index in [0.717, 1.165) is 12.1 Å². The first-order chi connectivity index (χ1) is 9.28. The third kappa shape index (κ3) is 4.59. The zero-order valence-corrected chi connectivity index (χ0v) is 11.8. The van der Waals surface area contributed by atoms with Crippen molar-refractivity contribution in [2.45, 2.75) is 25.6 Å². The molecule has 3 nitrogen and oxygen atoms in total. The summed E-state index contributed by atoms with van der Waals surface area (Å²) in [6, 6.07) is 5.12. The maximum atomic E-state index is 12.1.